The molecule has 2 unspecified atom stereocenters. The van der Waals surface area contributed by atoms with Gasteiger partial charge in [-0.25, -0.2) is 0 Å². The lowest BCUT2D eigenvalue weighted by Crippen LogP contribution is -2.42. The molecular formula is C23H35N5O. The van der Waals surface area contributed by atoms with Gasteiger partial charge >= 0.3 is 0 Å². The standard InChI is InChI=1S/C23H35N5O/c1-4-24-23(25-17-20(27(2)3)19-11-6-5-7-12-19)26-18-21(22-13-10-16-29-22)28-14-8-9-15-28/h5-7,10-13,16,20-21H,4,8-9,14-15,17-18H2,1-3H3,(H2,24,25,26). The Balaban J connectivity index is 1.68. The van der Waals surface area contributed by atoms with Crippen LogP contribution in [0.15, 0.2) is 58.1 Å². The average molecular weight is 398 g/mol. The first-order chi connectivity index (χ1) is 14.2. The Bertz CT molecular complexity index is 723. The lowest BCUT2D eigenvalue weighted by molar-refractivity contribution is 0.221. The molecule has 0 aliphatic carbocycles. The van der Waals surface area contributed by atoms with E-state index in [0.29, 0.717) is 6.54 Å². The minimum absolute atomic E-state index is 0.196. The van der Waals surface area contributed by atoms with E-state index in [0.717, 1.165) is 37.9 Å². The van der Waals surface area contributed by atoms with Crippen LogP contribution in [0.5, 0.6) is 0 Å². The van der Waals surface area contributed by atoms with Crippen LogP contribution >= 0.6 is 0 Å². The van der Waals surface area contributed by atoms with Gasteiger partial charge in [-0.15, -0.1) is 0 Å². The van der Waals surface area contributed by atoms with Crippen molar-refractivity contribution in [1.29, 1.82) is 0 Å². The van der Waals surface area contributed by atoms with Crippen molar-refractivity contribution in [3.05, 3.63) is 60.1 Å². The molecule has 2 atom stereocenters. The molecule has 1 fully saturated rings. The van der Waals surface area contributed by atoms with Crippen LogP contribution in [0.2, 0.25) is 0 Å². The van der Waals surface area contributed by atoms with Gasteiger partial charge in [0, 0.05) is 13.1 Å². The van der Waals surface area contributed by atoms with Crippen molar-refractivity contribution in [2.45, 2.75) is 31.8 Å². The maximum absolute atomic E-state index is 5.73. The van der Waals surface area contributed by atoms with Crippen molar-refractivity contribution in [2.75, 3.05) is 46.8 Å². The number of hydrogen-bond acceptors (Lipinski definition) is 4. The molecule has 2 aromatic rings. The van der Waals surface area contributed by atoms with E-state index in [4.69, 9.17) is 9.41 Å². The average Bonchev–Trinajstić information content (AvgIpc) is 3.43. The number of guanidine groups is 1. The van der Waals surface area contributed by atoms with Crippen LogP contribution in [0, 0.1) is 0 Å². The topological polar surface area (TPSA) is 56.0 Å². The van der Waals surface area contributed by atoms with Crippen LogP contribution in [-0.4, -0.2) is 62.6 Å². The predicted octanol–water partition coefficient (Wildman–Crippen LogP) is 3.27. The molecule has 29 heavy (non-hydrogen) atoms. The zero-order valence-electron chi connectivity index (χ0n) is 18.0. The maximum atomic E-state index is 5.73. The third-order valence-electron chi connectivity index (χ3n) is 5.49. The third-order valence-corrected chi connectivity index (χ3v) is 5.49. The van der Waals surface area contributed by atoms with E-state index >= 15 is 0 Å². The number of benzene rings is 1. The van der Waals surface area contributed by atoms with Gasteiger partial charge in [0.1, 0.15) is 5.76 Å². The monoisotopic (exact) mass is 397 g/mol. The highest BCUT2D eigenvalue weighted by Crippen LogP contribution is 2.25. The van der Waals surface area contributed by atoms with Crippen LogP contribution in [-0.2, 0) is 0 Å². The molecule has 0 amide bonds. The Morgan fingerprint density at radius 3 is 2.48 bits per heavy atom. The van der Waals surface area contributed by atoms with Crippen molar-refractivity contribution < 1.29 is 4.42 Å². The number of likely N-dealkylation sites (N-methyl/N-ethyl adjacent to an activating group) is 1. The van der Waals surface area contributed by atoms with Gasteiger partial charge in [-0.05, 0) is 64.6 Å². The summed E-state index contributed by atoms with van der Waals surface area (Å²) < 4.78 is 5.73. The number of likely N-dealkylation sites (tertiary alicyclic amines) is 1. The molecule has 1 saturated heterocycles. The quantitative estimate of drug-likeness (QED) is 0.502. The highest BCUT2D eigenvalue weighted by Gasteiger charge is 2.25. The molecule has 0 bridgehead atoms. The number of aliphatic imine (C=N–C) groups is 1. The Morgan fingerprint density at radius 2 is 1.86 bits per heavy atom. The summed E-state index contributed by atoms with van der Waals surface area (Å²) in [5.74, 6) is 1.85. The molecule has 6 nitrogen and oxygen atoms in total. The molecular weight excluding hydrogens is 362 g/mol. The second-order valence-electron chi connectivity index (χ2n) is 7.76. The number of furan rings is 1. The second kappa shape index (κ2) is 11.0. The highest BCUT2D eigenvalue weighted by atomic mass is 16.3. The van der Waals surface area contributed by atoms with Gasteiger partial charge in [0.05, 0.1) is 24.9 Å². The molecule has 0 saturated carbocycles. The maximum Gasteiger partial charge on any atom is 0.191 e. The summed E-state index contributed by atoms with van der Waals surface area (Å²) in [6.07, 6.45) is 4.26. The molecule has 2 heterocycles. The van der Waals surface area contributed by atoms with Crippen LogP contribution in [0.1, 0.15) is 43.2 Å². The highest BCUT2D eigenvalue weighted by molar-refractivity contribution is 5.79. The van der Waals surface area contributed by atoms with E-state index in [1.165, 1.54) is 18.4 Å². The van der Waals surface area contributed by atoms with E-state index in [-0.39, 0.29) is 12.1 Å². The van der Waals surface area contributed by atoms with Gasteiger partial charge in [0.2, 0.25) is 0 Å². The number of rotatable bonds is 9. The molecule has 6 heteroatoms. The van der Waals surface area contributed by atoms with Crippen LogP contribution in [0.3, 0.4) is 0 Å². The third kappa shape index (κ3) is 6.08. The summed E-state index contributed by atoms with van der Waals surface area (Å²) in [4.78, 5) is 9.64. The summed E-state index contributed by atoms with van der Waals surface area (Å²) in [5, 5.41) is 6.93. The van der Waals surface area contributed by atoms with Gasteiger partial charge in [-0.3, -0.25) is 9.89 Å². The zero-order valence-corrected chi connectivity index (χ0v) is 18.0. The van der Waals surface area contributed by atoms with Crippen molar-refractivity contribution in [3.8, 4) is 0 Å². The first-order valence-corrected chi connectivity index (χ1v) is 10.7. The molecule has 1 aromatic heterocycles. The van der Waals surface area contributed by atoms with Gasteiger partial charge in [-0.2, -0.15) is 0 Å². The molecule has 1 aliphatic heterocycles. The van der Waals surface area contributed by atoms with Crippen molar-refractivity contribution in [2.24, 2.45) is 4.99 Å². The number of nitrogens with one attached hydrogen (secondary N) is 2. The Morgan fingerprint density at radius 1 is 1.10 bits per heavy atom. The van der Waals surface area contributed by atoms with E-state index < -0.39 is 0 Å². The lowest BCUT2D eigenvalue weighted by Gasteiger charge is -2.27. The molecule has 158 valence electrons. The summed E-state index contributed by atoms with van der Waals surface area (Å²) in [6, 6.07) is 15.1. The fraction of sp³-hybridized carbons (Fsp3) is 0.522. The SMILES string of the molecule is CCNC(=NCC(c1ccco1)N1CCCC1)NCC(c1ccccc1)N(C)C. The fourth-order valence-corrected chi connectivity index (χ4v) is 3.91. The predicted molar refractivity (Wildman–Crippen MR) is 119 cm³/mol. The zero-order chi connectivity index (χ0) is 20.5. The minimum atomic E-state index is 0.196. The van der Waals surface area contributed by atoms with E-state index in [1.807, 2.05) is 6.07 Å². The molecule has 1 aromatic carbocycles. The smallest absolute Gasteiger partial charge is 0.191 e. The van der Waals surface area contributed by atoms with Gasteiger partial charge < -0.3 is 20.0 Å². The summed E-state index contributed by atoms with van der Waals surface area (Å²) in [7, 11) is 4.23. The van der Waals surface area contributed by atoms with Crippen LogP contribution in [0.4, 0.5) is 0 Å². The molecule has 0 spiro atoms. The van der Waals surface area contributed by atoms with Gasteiger partial charge in [-0.1, -0.05) is 30.3 Å². The van der Waals surface area contributed by atoms with Crippen molar-refractivity contribution in [1.82, 2.24) is 20.4 Å². The summed E-state index contributed by atoms with van der Waals surface area (Å²) in [6.45, 7) is 6.63. The van der Waals surface area contributed by atoms with Crippen molar-refractivity contribution in [3.63, 3.8) is 0 Å². The van der Waals surface area contributed by atoms with Crippen molar-refractivity contribution >= 4 is 5.96 Å². The first-order valence-electron chi connectivity index (χ1n) is 10.7. The number of hydrogen-bond donors (Lipinski definition) is 2. The lowest BCUT2D eigenvalue weighted by atomic mass is 10.1. The summed E-state index contributed by atoms with van der Waals surface area (Å²) >= 11 is 0. The Hall–Kier alpha value is -2.31. The molecule has 2 N–H and O–H groups in total. The van der Waals surface area contributed by atoms with E-state index in [2.05, 4.69) is 77.9 Å². The number of nitrogens with zero attached hydrogens (tertiary/aromatic N) is 3. The second-order valence-corrected chi connectivity index (χ2v) is 7.76. The van der Waals surface area contributed by atoms with E-state index in [1.54, 1.807) is 6.26 Å². The normalized spacial score (nSPS) is 17.4. The largest absolute Gasteiger partial charge is 0.468 e. The van der Waals surface area contributed by atoms with Gasteiger partial charge in [0.15, 0.2) is 5.96 Å². The van der Waals surface area contributed by atoms with Crippen LogP contribution in [0.25, 0.3) is 0 Å². The fourth-order valence-electron chi connectivity index (χ4n) is 3.91. The summed E-state index contributed by atoms with van der Waals surface area (Å²) in [5.41, 5.74) is 1.30. The van der Waals surface area contributed by atoms with E-state index in [9.17, 15) is 0 Å². The first kappa shape index (κ1) is 21.4. The molecule has 1 aliphatic rings. The van der Waals surface area contributed by atoms with Crippen LogP contribution < -0.4 is 10.6 Å². The minimum Gasteiger partial charge on any atom is -0.468 e. The van der Waals surface area contributed by atoms with Gasteiger partial charge in [0.25, 0.3) is 0 Å². The Labute approximate surface area is 175 Å². The molecule has 0 radical (unpaired) electrons. The Kier molecular flexibility index (Phi) is 8.14. The molecule has 3 rings (SSSR count).